The van der Waals surface area contributed by atoms with E-state index < -0.39 is 0 Å². The summed E-state index contributed by atoms with van der Waals surface area (Å²) >= 11 is 1.57. The second kappa shape index (κ2) is 8.22. The van der Waals surface area contributed by atoms with Crippen LogP contribution in [0.15, 0.2) is 68.3 Å². The van der Waals surface area contributed by atoms with Crippen LogP contribution in [0.5, 0.6) is 0 Å². The van der Waals surface area contributed by atoms with Gasteiger partial charge in [-0.2, -0.15) is 11.3 Å². The van der Waals surface area contributed by atoms with Crippen molar-refractivity contribution >= 4 is 22.9 Å². The van der Waals surface area contributed by atoms with Crippen LogP contribution in [0.1, 0.15) is 23.6 Å². The Balaban J connectivity index is 1.46. The number of hydrogen-bond acceptors (Lipinski definition) is 6. The van der Waals surface area contributed by atoms with Crippen molar-refractivity contribution < 1.29 is 13.6 Å². The molecule has 0 aliphatic heterocycles. The van der Waals surface area contributed by atoms with E-state index in [0.29, 0.717) is 24.7 Å². The molecule has 28 heavy (non-hydrogen) atoms. The minimum absolute atomic E-state index is 0.0319. The number of thiophene rings is 1. The van der Waals surface area contributed by atoms with Gasteiger partial charge in [-0.3, -0.25) is 4.79 Å². The van der Waals surface area contributed by atoms with Gasteiger partial charge in [0.2, 0.25) is 17.7 Å². The Morgan fingerprint density at radius 3 is 2.71 bits per heavy atom. The van der Waals surface area contributed by atoms with E-state index in [0.717, 1.165) is 22.6 Å². The number of hydrogen-bond donors (Lipinski definition) is 0. The van der Waals surface area contributed by atoms with Crippen molar-refractivity contribution in [2.75, 3.05) is 4.90 Å². The van der Waals surface area contributed by atoms with Crippen LogP contribution in [0, 0.1) is 6.92 Å². The first-order valence-electron chi connectivity index (χ1n) is 8.93. The van der Waals surface area contributed by atoms with E-state index in [-0.39, 0.29) is 12.3 Å². The van der Waals surface area contributed by atoms with Crippen molar-refractivity contribution in [1.82, 2.24) is 10.2 Å². The van der Waals surface area contributed by atoms with Gasteiger partial charge in [-0.25, -0.2) is 0 Å². The molecule has 0 aliphatic rings. The molecule has 0 saturated carbocycles. The second-order valence-electron chi connectivity index (χ2n) is 6.41. The number of rotatable bonds is 7. The van der Waals surface area contributed by atoms with Gasteiger partial charge in [-0.15, -0.1) is 10.2 Å². The van der Waals surface area contributed by atoms with E-state index in [1.165, 1.54) is 0 Å². The Morgan fingerprint density at radius 2 is 2.00 bits per heavy atom. The van der Waals surface area contributed by atoms with Gasteiger partial charge in [0.25, 0.3) is 0 Å². The van der Waals surface area contributed by atoms with Crippen LogP contribution in [-0.4, -0.2) is 16.1 Å². The number of aromatic nitrogens is 2. The zero-order valence-corrected chi connectivity index (χ0v) is 16.2. The molecule has 1 amide bonds. The molecule has 4 rings (SSSR count). The molecule has 3 heterocycles. The zero-order chi connectivity index (χ0) is 19.3. The van der Waals surface area contributed by atoms with E-state index in [2.05, 4.69) is 10.2 Å². The summed E-state index contributed by atoms with van der Waals surface area (Å²) in [5, 5.41) is 12.0. The van der Waals surface area contributed by atoms with Crippen molar-refractivity contribution in [2.24, 2.45) is 0 Å². The smallest absolute Gasteiger partial charge is 0.248 e. The minimum Gasteiger partial charge on any atom is -0.467 e. The van der Waals surface area contributed by atoms with Crippen LogP contribution in [0.4, 0.5) is 5.69 Å². The first-order valence-corrected chi connectivity index (χ1v) is 9.88. The third-order valence-corrected chi connectivity index (χ3v) is 5.01. The van der Waals surface area contributed by atoms with Gasteiger partial charge in [0.05, 0.1) is 12.8 Å². The van der Waals surface area contributed by atoms with E-state index in [4.69, 9.17) is 8.83 Å². The predicted octanol–water partition coefficient (Wildman–Crippen LogP) is 4.87. The number of carbonyl (C=O) groups excluding carboxylic acids is 1. The summed E-state index contributed by atoms with van der Waals surface area (Å²) in [7, 11) is 0. The van der Waals surface area contributed by atoms with Crippen LogP contribution in [0.3, 0.4) is 0 Å². The molecule has 7 heteroatoms. The molecule has 0 aliphatic carbocycles. The number of benzene rings is 1. The van der Waals surface area contributed by atoms with Gasteiger partial charge in [0.1, 0.15) is 5.76 Å². The van der Waals surface area contributed by atoms with Gasteiger partial charge in [-0.1, -0.05) is 17.7 Å². The topological polar surface area (TPSA) is 72.4 Å². The van der Waals surface area contributed by atoms with Crippen molar-refractivity contribution in [1.29, 1.82) is 0 Å². The summed E-state index contributed by atoms with van der Waals surface area (Å²) in [6.45, 7) is 2.39. The largest absolute Gasteiger partial charge is 0.467 e. The maximum absolute atomic E-state index is 13.0. The number of furan rings is 1. The molecule has 3 aromatic heterocycles. The highest BCUT2D eigenvalue weighted by Crippen LogP contribution is 2.22. The summed E-state index contributed by atoms with van der Waals surface area (Å²) in [5.74, 6) is 1.63. The molecular weight excluding hydrogens is 374 g/mol. The fraction of sp³-hybridized carbons (Fsp3) is 0.190. The molecule has 6 nitrogen and oxygen atoms in total. The molecule has 4 aromatic rings. The SMILES string of the molecule is Cc1ccc(N(Cc2ccco2)C(=O)CCc2nnc(-c3ccsc3)o2)cc1. The minimum atomic E-state index is -0.0319. The monoisotopic (exact) mass is 393 g/mol. The van der Waals surface area contributed by atoms with Gasteiger partial charge >= 0.3 is 0 Å². The maximum atomic E-state index is 13.0. The standard InChI is InChI=1S/C21H19N3O3S/c1-15-4-6-17(7-5-15)24(13-18-3-2-11-26-18)20(25)9-8-19-22-23-21(27-19)16-10-12-28-14-16/h2-7,10-12,14H,8-9,13H2,1H3. The lowest BCUT2D eigenvalue weighted by molar-refractivity contribution is -0.118. The summed E-state index contributed by atoms with van der Waals surface area (Å²) < 4.78 is 11.1. The number of carbonyl (C=O) groups is 1. The van der Waals surface area contributed by atoms with Gasteiger partial charge < -0.3 is 13.7 Å². The Hall–Kier alpha value is -3.19. The Bertz CT molecular complexity index is 1020. The molecule has 0 saturated heterocycles. The highest BCUT2D eigenvalue weighted by Gasteiger charge is 2.19. The van der Waals surface area contributed by atoms with E-state index in [9.17, 15) is 4.79 Å². The van der Waals surface area contributed by atoms with Crippen LogP contribution in [0.2, 0.25) is 0 Å². The first-order chi connectivity index (χ1) is 13.7. The van der Waals surface area contributed by atoms with E-state index >= 15 is 0 Å². The van der Waals surface area contributed by atoms with Crippen LogP contribution >= 0.6 is 11.3 Å². The van der Waals surface area contributed by atoms with Gasteiger partial charge in [-0.05, 0) is 42.6 Å². The predicted molar refractivity (Wildman–Crippen MR) is 107 cm³/mol. The Kier molecular flexibility index (Phi) is 5.34. The number of anilines is 1. The fourth-order valence-corrected chi connectivity index (χ4v) is 3.44. The molecule has 0 spiro atoms. The second-order valence-corrected chi connectivity index (χ2v) is 7.19. The van der Waals surface area contributed by atoms with Gasteiger partial charge in [0, 0.05) is 29.5 Å². The van der Waals surface area contributed by atoms with Crippen molar-refractivity contribution in [2.45, 2.75) is 26.3 Å². The molecule has 0 unspecified atom stereocenters. The van der Waals surface area contributed by atoms with Crippen molar-refractivity contribution in [3.63, 3.8) is 0 Å². The quantitative estimate of drug-likeness (QED) is 0.448. The van der Waals surface area contributed by atoms with Crippen LogP contribution in [-0.2, 0) is 17.8 Å². The lowest BCUT2D eigenvalue weighted by Crippen LogP contribution is -2.30. The molecule has 142 valence electrons. The molecule has 0 bridgehead atoms. The van der Waals surface area contributed by atoms with Crippen LogP contribution < -0.4 is 4.90 Å². The molecule has 0 N–H and O–H groups in total. The highest BCUT2D eigenvalue weighted by atomic mass is 32.1. The summed E-state index contributed by atoms with van der Waals surface area (Å²) in [6, 6.07) is 13.5. The van der Waals surface area contributed by atoms with Crippen LogP contribution in [0.25, 0.3) is 11.5 Å². The third-order valence-electron chi connectivity index (χ3n) is 4.33. The van der Waals surface area contributed by atoms with Crippen molar-refractivity contribution in [3.05, 3.63) is 76.7 Å². The maximum Gasteiger partial charge on any atom is 0.248 e. The van der Waals surface area contributed by atoms with Gasteiger partial charge in [0.15, 0.2) is 0 Å². The summed E-state index contributed by atoms with van der Waals surface area (Å²) in [5.41, 5.74) is 2.87. The van der Waals surface area contributed by atoms with Crippen molar-refractivity contribution in [3.8, 4) is 11.5 Å². The lowest BCUT2D eigenvalue weighted by Gasteiger charge is -2.22. The molecule has 0 radical (unpaired) electrons. The highest BCUT2D eigenvalue weighted by molar-refractivity contribution is 7.08. The number of aryl methyl sites for hydroxylation is 2. The summed E-state index contributed by atoms with van der Waals surface area (Å²) in [4.78, 5) is 14.7. The molecule has 0 atom stereocenters. The van der Waals surface area contributed by atoms with E-state index in [1.807, 2.05) is 60.1 Å². The Morgan fingerprint density at radius 1 is 1.14 bits per heavy atom. The van der Waals surface area contributed by atoms with E-state index in [1.54, 1.807) is 22.5 Å². The molecule has 1 aromatic carbocycles. The summed E-state index contributed by atoms with van der Waals surface area (Å²) in [6.07, 6.45) is 2.26. The average Bonchev–Trinajstić information content (AvgIpc) is 3.47. The first kappa shape index (κ1) is 18.2. The number of amides is 1. The normalized spacial score (nSPS) is 10.9. The molecule has 0 fully saturated rings. The Labute approximate surface area is 166 Å². The average molecular weight is 393 g/mol. The fourth-order valence-electron chi connectivity index (χ4n) is 2.81. The lowest BCUT2D eigenvalue weighted by atomic mass is 10.2. The zero-order valence-electron chi connectivity index (χ0n) is 15.4. The third kappa shape index (κ3) is 4.20. The number of nitrogens with zero attached hydrogens (tertiary/aromatic N) is 3. The molecular formula is C21H19N3O3S.